The molecule has 1 aromatic carbocycles. The number of hydrogen-bond donors (Lipinski definition) is 1. The molecule has 4 nitrogen and oxygen atoms in total. The number of methoxy groups -OCH3 is 1. The molecule has 0 saturated carbocycles. The van der Waals surface area contributed by atoms with Gasteiger partial charge in [-0.3, -0.25) is 4.90 Å². The fourth-order valence-electron chi connectivity index (χ4n) is 2.14. The maximum atomic E-state index is 13.8. The maximum absolute atomic E-state index is 13.8. The molecule has 1 N–H and O–H groups in total. The molecule has 0 aliphatic heterocycles. The van der Waals surface area contributed by atoms with Gasteiger partial charge in [0.05, 0.1) is 12.7 Å². The number of halogens is 1. The fraction of sp³-hybridized carbons (Fsp3) is 0.529. The van der Waals surface area contributed by atoms with Crippen molar-refractivity contribution in [1.29, 1.82) is 0 Å². The molecule has 1 atom stereocenters. The van der Waals surface area contributed by atoms with Gasteiger partial charge < -0.3 is 14.6 Å². The van der Waals surface area contributed by atoms with Crippen molar-refractivity contribution in [2.24, 2.45) is 0 Å². The van der Waals surface area contributed by atoms with E-state index in [-0.39, 0.29) is 19.0 Å². The van der Waals surface area contributed by atoms with Crippen LogP contribution in [0.5, 0.6) is 0 Å². The highest BCUT2D eigenvalue weighted by atomic mass is 19.1. The molecule has 1 rings (SSSR count). The van der Waals surface area contributed by atoms with E-state index >= 15 is 0 Å². The number of rotatable bonds is 11. The monoisotopic (exact) mass is 309 g/mol. The second-order valence-corrected chi connectivity index (χ2v) is 5.05. The lowest BCUT2D eigenvalue weighted by Gasteiger charge is -2.25. The minimum absolute atomic E-state index is 0.169. The van der Waals surface area contributed by atoms with Crippen molar-refractivity contribution in [2.45, 2.75) is 19.1 Å². The Morgan fingerprint density at radius 2 is 2.18 bits per heavy atom. The van der Waals surface area contributed by atoms with Gasteiger partial charge in [0, 0.05) is 38.9 Å². The van der Waals surface area contributed by atoms with Crippen LogP contribution in [0.3, 0.4) is 0 Å². The third-order valence-electron chi connectivity index (χ3n) is 3.14. The van der Waals surface area contributed by atoms with Crippen LogP contribution in [0.25, 0.3) is 0 Å². The second kappa shape index (κ2) is 11.2. The first-order valence-electron chi connectivity index (χ1n) is 7.31. The Morgan fingerprint density at radius 1 is 1.41 bits per heavy atom. The summed E-state index contributed by atoms with van der Waals surface area (Å²) in [4.78, 5) is 1.99. The molecular weight excluding hydrogens is 285 g/mol. The SMILES string of the molecule is C#CCOC[C@H](O)CN(CCCOC)Cc1ccccc1F. The summed E-state index contributed by atoms with van der Waals surface area (Å²) in [6.45, 7) is 2.49. The van der Waals surface area contributed by atoms with Crippen LogP contribution in [0, 0.1) is 18.2 Å². The lowest BCUT2D eigenvalue weighted by Crippen LogP contribution is -2.36. The Balaban J connectivity index is 2.55. The minimum Gasteiger partial charge on any atom is -0.389 e. The number of ether oxygens (including phenoxy) is 2. The molecule has 0 radical (unpaired) electrons. The van der Waals surface area contributed by atoms with E-state index in [9.17, 15) is 9.50 Å². The Labute approximate surface area is 131 Å². The van der Waals surface area contributed by atoms with Crippen molar-refractivity contribution in [3.8, 4) is 12.3 Å². The third kappa shape index (κ3) is 7.53. The Bertz CT molecular complexity index is 461. The lowest BCUT2D eigenvalue weighted by molar-refractivity contribution is 0.0242. The van der Waals surface area contributed by atoms with E-state index < -0.39 is 6.10 Å². The summed E-state index contributed by atoms with van der Waals surface area (Å²) < 4.78 is 23.9. The first-order valence-corrected chi connectivity index (χ1v) is 7.31. The van der Waals surface area contributed by atoms with Crippen LogP contribution in [-0.2, 0) is 16.0 Å². The summed E-state index contributed by atoms with van der Waals surface area (Å²) in [5, 5.41) is 9.99. The van der Waals surface area contributed by atoms with Crippen LogP contribution >= 0.6 is 0 Å². The predicted molar refractivity (Wildman–Crippen MR) is 83.8 cm³/mol. The van der Waals surface area contributed by atoms with Gasteiger partial charge in [-0.25, -0.2) is 4.39 Å². The summed E-state index contributed by atoms with van der Waals surface area (Å²) in [6, 6.07) is 6.66. The molecular formula is C17H24FNO3. The summed E-state index contributed by atoms with van der Waals surface area (Å²) in [7, 11) is 1.64. The molecule has 22 heavy (non-hydrogen) atoms. The van der Waals surface area contributed by atoms with Gasteiger partial charge in [0.2, 0.25) is 0 Å². The molecule has 0 fully saturated rings. The average molecular weight is 309 g/mol. The number of nitrogens with zero attached hydrogens (tertiary/aromatic N) is 1. The zero-order valence-corrected chi connectivity index (χ0v) is 13.0. The molecule has 1 aromatic rings. The van der Waals surface area contributed by atoms with Crippen LogP contribution in [-0.4, -0.2) is 56.1 Å². The smallest absolute Gasteiger partial charge is 0.127 e. The van der Waals surface area contributed by atoms with Crippen LogP contribution in [0.4, 0.5) is 4.39 Å². The molecule has 0 aliphatic carbocycles. The zero-order chi connectivity index (χ0) is 16.2. The van der Waals surface area contributed by atoms with E-state index in [1.54, 1.807) is 25.3 Å². The van der Waals surface area contributed by atoms with Crippen molar-refractivity contribution in [1.82, 2.24) is 4.90 Å². The maximum Gasteiger partial charge on any atom is 0.127 e. The number of aliphatic hydroxyl groups is 1. The molecule has 0 saturated heterocycles. The standard InChI is InChI=1S/C17H24FNO3/c1-3-10-22-14-16(20)13-19(9-6-11-21-2)12-15-7-4-5-8-17(15)18/h1,4-5,7-8,16,20H,6,9-14H2,2H3/t16-/m1/s1. The van der Waals surface area contributed by atoms with E-state index in [1.165, 1.54) is 6.07 Å². The summed E-state index contributed by atoms with van der Waals surface area (Å²) in [5.74, 6) is 2.11. The van der Waals surface area contributed by atoms with Crippen molar-refractivity contribution in [3.05, 3.63) is 35.6 Å². The van der Waals surface area contributed by atoms with Gasteiger partial charge in [0.25, 0.3) is 0 Å². The van der Waals surface area contributed by atoms with Gasteiger partial charge in [-0.2, -0.15) is 0 Å². The van der Waals surface area contributed by atoms with Gasteiger partial charge >= 0.3 is 0 Å². The first-order chi connectivity index (χ1) is 10.7. The molecule has 0 spiro atoms. The predicted octanol–water partition coefficient (Wildman–Crippen LogP) is 1.67. The molecule has 0 aliphatic rings. The highest BCUT2D eigenvalue weighted by molar-refractivity contribution is 5.17. The van der Waals surface area contributed by atoms with E-state index in [0.29, 0.717) is 31.8 Å². The average Bonchev–Trinajstić information content (AvgIpc) is 2.50. The van der Waals surface area contributed by atoms with Crippen molar-refractivity contribution >= 4 is 0 Å². The number of hydrogen-bond acceptors (Lipinski definition) is 4. The van der Waals surface area contributed by atoms with Gasteiger partial charge in [0.15, 0.2) is 0 Å². The molecule has 0 bridgehead atoms. The highest BCUT2D eigenvalue weighted by Gasteiger charge is 2.14. The van der Waals surface area contributed by atoms with Gasteiger partial charge in [-0.1, -0.05) is 24.1 Å². The third-order valence-corrected chi connectivity index (χ3v) is 3.14. The highest BCUT2D eigenvalue weighted by Crippen LogP contribution is 2.11. The van der Waals surface area contributed by atoms with E-state index in [2.05, 4.69) is 5.92 Å². The summed E-state index contributed by atoms with van der Waals surface area (Å²) in [6.07, 6.45) is 5.24. The van der Waals surface area contributed by atoms with Crippen molar-refractivity contribution < 1.29 is 19.0 Å². The van der Waals surface area contributed by atoms with E-state index in [1.807, 2.05) is 4.90 Å². The van der Waals surface area contributed by atoms with E-state index in [4.69, 9.17) is 15.9 Å². The summed E-state index contributed by atoms with van der Waals surface area (Å²) in [5.41, 5.74) is 0.608. The van der Waals surface area contributed by atoms with Crippen molar-refractivity contribution in [3.63, 3.8) is 0 Å². The minimum atomic E-state index is -0.664. The van der Waals surface area contributed by atoms with Crippen LogP contribution in [0.2, 0.25) is 0 Å². The Kier molecular flexibility index (Phi) is 9.44. The fourth-order valence-corrected chi connectivity index (χ4v) is 2.14. The molecule has 0 unspecified atom stereocenters. The number of aliphatic hydroxyl groups excluding tert-OH is 1. The molecule has 0 amide bonds. The van der Waals surface area contributed by atoms with Gasteiger partial charge in [-0.05, 0) is 12.5 Å². The normalized spacial score (nSPS) is 12.3. The van der Waals surface area contributed by atoms with Crippen LogP contribution < -0.4 is 0 Å². The zero-order valence-electron chi connectivity index (χ0n) is 13.0. The van der Waals surface area contributed by atoms with Crippen LogP contribution in [0.15, 0.2) is 24.3 Å². The van der Waals surface area contributed by atoms with Crippen molar-refractivity contribution in [2.75, 3.05) is 40.0 Å². The second-order valence-electron chi connectivity index (χ2n) is 5.05. The van der Waals surface area contributed by atoms with Gasteiger partial charge in [-0.15, -0.1) is 6.42 Å². The summed E-state index contributed by atoms with van der Waals surface area (Å²) >= 11 is 0. The lowest BCUT2D eigenvalue weighted by atomic mass is 10.2. The molecule has 0 heterocycles. The number of benzene rings is 1. The molecule has 0 aromatic heterocycles. The topological polar surface area (TPSA) is 41.9 Å². The first kappa shape index (κ1) is 18.6. The molecule has 122 valence electrons. The van der Waals surface area contributed by atoms with E-state index in [0.717, 1.165) is 6.42 Å². The number of terminal acetylenes is 1. The largest absolute Gasteiger partial charge is 0.389 e. The quantitative estimate of drug-likeness (QED) is 0.499. The Hall–Kier alpha value is -1.45. The van der Waals surface area contributed by atoms with Crippen LogP contribution in [0.1, 0.15) is 12.0 Å². The Morgan fingerprint density at radius 3 is 2.86 bits per heavy atom. The van der Waals surface area contributed by atoms with Gasteiger partial charge in [0.1, 0.15) is 12.4 Å². The molecule has 5 heteroatoms.